The van der Waals surface area contributed by atoms with Crippen LogP contribution in [0.1, 0.15) is 5.56 Å². The summed E-state index contributed by atoms with van der Waals surface area (Å²) in [4.78, 5) is 3.93. The molecule has 0 radical (unpaired) electrons. The minimum atomic E-state index is -3.47. The number of rotatable bonds is 6. The van der Waals surface area contributed by atoms with Crippen LogP contribution < -0.4 is 0 Å². The summed E-state index contributed by atoms with van der Waals surface area (Å²) in [5, 5.41) is 0.0648. The van der Waals surface area contributed by atoms with E-state index in [1.807, 2.05) is 6.26 Å². The molecule has 1 heterocycles. The Morgan fingerprint density at radius 2 is 2.18 bits per heavy atom. The van der Waals surface area contributed by atoms with E-state index in [1.165, 1.54) is 16.6 Å². The van der Waals surface area contributed by atoms with Crippen LogP contribution >= 0.6 is 23.4 Å². The van der Waals surface area contributed by atoms with Crippen LogP contribution in [0.2, 0.25) is 0 Å². The number of nitrogens with zero attached hydrogens (tertiary/aromatic N) is 2. The first kappa shape index (κ1) is 14.8. The Hall–Kier alpha value is -0.300. The third-order valence-corrected chi connectivity index (χ3v) is 4.91. The molecule has 1 rings (SSSR count). The Kier molecular flexibility index (Phi) is 5.72. The predicted molar refractivity (Wildman–Crippen MR) is 72.0 cm³/mol. The number of halogens is 1. The molecule has 0 spiro atoms. The number of thioether (sulfide) groups is 1. The Morgan fingerprint density at radius 1 is 1.47 bits per heavy atom. The number of pyridine rings is 1. The highest BCUT2D eigenvalue weighted by molar-refractivity contribution is 7.98. The fraction of sp³-hybridized carbons (Fsp3) is 0.500. The first-order valence-electron chi connectivity index (χ1n) is 4.98. The van der Waals surface area contributed by atoms with Crippen molar-refractivity contribution in [2.75, 3.05) is 25.6 Å². The summed E-state index contributed by atoms with van der Waals surface area (Å²) in [6.07, 6.45) is 3.43. The average Bonchev–Trinajstić information content (AvgIpc) is 2.35. The molecule has 0 bridgehead atoms. The van der Waals surface area contributed by atoms with Gasteiger partial charge in [0.1, 0.15) is 0 Å². The van der Waals surface area contributed by atoms with Crippen molar-refractivity contribution in [3.05, 3.63) is 23.9 Å². The van der Waals surface area contributed by atoms with Crippen molar-refractivity contribution in [1.82, 2.24) is 9.29 Å². The lowest BCUT2D eigenvalue weighted by molar-refractivity contribution is 0.485. The molecular formula is C10H15ClN2O2S2. The zero-order valence-corrected chi connectivity index (χ0v) is 12.1. The molecule has 17 heavy (non-hydrogen) atoms. The second kappa shape index (κ2) is 6.58. The van der Waals surface area contributed by atoms with Crippen molar-refractivity contribution in [2.45, 2.75) is 10.9 Å². The number of hydrogen-bond donors (Lipinski definition) is 0. The van der Waals surface area contributed by atoms with Crippen LogP contribution in [0.3, 0.4) is 0 Å². The van der Waals surface area contributed by atoms with Crippen molar-refractivity contribution < 1.29 is 8.42 Å². The summed E-state index contributed by atoms with van der Waals surface area (Å²) in [7, 11) is -1.91. The van der Waals surface area contributed by atoms with Crippen LogP contribution in [0.4, 0.5) is 0 Å². The molecule has 0 unspecified atom stereocenters. The second-order valence-corrected chi connectivity index (χ2v) is 6.70. The monoisotopic (exact) mass is 294 g/mol. The third-order valence-electron chi connectivity index (χ3n) is 2.24. The van der Waals surface area contributed by atoms with Gasteiger partial charge in [-0.2, -0.15) is 16.1 Å². The molecule has 7 heteroatoms. The van der Waals surface area contributed by atoms with Crippen LogP contribution in [0, 0.1) is 0 Å². The molecule has 0 N–H and O–H groups in total. The smallest absolute Gasteiger partial charge is 0.243 e. The lowest BCUT2D eigenvalue weighted by atomic mass is 10.3. The van der Waals surface area contributed by atoms with E-state index in [9.17, 15) is 8.42 Å². The highest BCUT2D eigenvalue weighted by Gasteiger charge is 2.21. The molecule has 0 aliphatic carbocycles. The fourth-order valence-corrected chi connectivity index (χ4v) is 2.95. The SMILES string of the molecule is CSCCN(C)S(=O)(=O)c1ccc(CCl)cn1. The van der Waals surface area contributed by atoms with E-state index in [2.05, 4.69) is 4.98 Å². The minimum absolute atomic E-state index is 0.0648. The first-order valence-corrected chi connectivity index (χ1v) is 8.35. The fourth-order valence-electron chi connectivity index (χ4n) is 1.14. The van der Waals surface area contributed by atoms with Crippen LogP contribution in [0.25, 0.3) is 0 Å². The van der Waals surface area contributed by atoms with Gasteiger partial charge in [0.15, 0.2) is 5.03 Å². The Morgan fingerprint density at radius 3 is 2.65 bits per heavy atom. The summed E-state index contributed by atoms with van der Waals surface area (Å²) in [6, 6.07) is 3.16. The Labute approximate surface area is 111 Å². The molecule has 1 aromatic heterocycles. The molecular weight excluding hydrogens is 280 g/mol. The van der Waals surface area contributed by atoms with Gasteiger partial charge in [0, 0.05) is 31.4 Å². The van der Waals surface area contributed by atoms with Crippen LogP contribution in [-0.4, -0.2) is 43.3 Å². The average molecular weight is 295 g/mol. The van der Waals surface area contributed by atoms with E-state index in [4.69, 9.17) is 11.6 Å². The van der Waals surface area contributed by atoms with Crippen molar-refractivity contribution >= 4 is 33.4 Å². The number of hydrogen-bond acceptors (Lipinski definition) is 4. The van der Waals surface area contributed by atoms with Crippen molar-refractivity contribution in [3.63, 3.8) is 0 Å². The normalized spacial score (nSPS) is 12.0. The van der Waals surface area contributed by atoms with Crippen LogP contribution in [0.15, 0.2) is 23.4 Å². The summed E-state index contributed by atoms with van der Waals surface area (Å²) < 4.78 is 25.4. The zero-order chi connectivity index (χ0) is 12.9. The highest BCUT2D eigenvalue weighted by atomic mass is 35.5. The number of alkyl halides is 1. The maximum atomic E-state index is 12.1. The summed E-state index contributed by atoms with van der Waals surface area (Å²) in [5.74, 6) is 1.09. The molecule has 4 nitrogen and oxygen atoms in total. The summed E-state index contributed by atoms with van der Waals surface area (Å²) in [6.45, 7) is 0.475. The van der Waals surface area contributed by atoms with Gasteiger partial charge in [-0.1, -0.05) is 6.07 Å². The third kappa shape index (κ3) is 3.84. The van der Waals surface area contributed by atoms with E-state index in [1.54, 1.807) is 24.9 Å². The topological polar surface area (TPSA) is 50.3 Å². The molecule has 0 saturated carbocycles. The maximum absolute atomic E-state index is 12.1. The van der Waals surface area contributed by atoms with Gasteiger partial charge in [0.25, 0.3) is 10.0 Å². The molecule has 0 atom stereocenters. The van der Waals surface area contributed by atoms with Gasteiger partial charge in [0.05, 0.1) is 0 Å². The predicted octanol–water partition coefficient (Wildman–Crippen LogP) is 1.80. The van der Waals surface area contributed by atoms with Crippen molar-refractivity contribution in [2.24, 2.45) is 0 Å². The van der Waals surface area contributed by atoms with E-state index in [0.717, 1.165) is 11.3 Å². The van der Waals surface area contributed by atoms with E-state index in [-0.39, 0.29) is 5.03 Å². The van der Waals surface area contributed by atoms with E-state index < -0.39 is 10.0 Å². The highest BCUT2D eigenvalue weighted by Crippen LogP contribution is 2.13. The summed E-state index contributed by atoms with van der Waals surface area (Å²) in [5.41, 5.74) is 0.803. The first-order chi connectivity index (χ1) is 8.02. The Bertz CT molecular complexity index is 448. The maximum Gasteiger partial charge on any atom is 0.260 e. The summed E-state index contributed by atoms with van der Waals surface area (Å²) >= 11 is 7.23. The molecule has 96 valence electrons. The van der Waals surface area contributed by atoms with Gasteiger partial charge < -0.3 is 0 Å². The second-order valence-electron chi connectivity index (χ2n) is 3.46. The molecule has 0 fully saturated rings. The van der Waals surface area contributed by atoms with E-state index >= 15 is 0 Å². The quantitative estimate of drug-likeness (QED) is 0.751. The molecule has 0 aromatic carbocycles. The van der Waals surface area contributed by atoms with Gasteiger partial charge in [-0.3, -0.25) is 0 Å². The molecule has 1 aromatic rings. The van der Waals surface area contributed by atoms with Gasteiger partial charge in [-0.25, -0.2) is 13.4 Å². The van der Waals surface area contributed by atoms with E-state index in [0.29, 0.717) is 12.4 Å². The molecule has 0 aliphatic heterocycles. The largest absolute Gasteiger partial charge is 0.260 e. The van der Waals surface area contributed by atoms with Gasteiger partial charge in [-0.05, 0) is 17.9 Å². The standard InChI is InChI=1S/C10H15ClN2O2S2/c1-13(5-6-16-2)17(14,15)10-4-3-9(7-11)8-12-10/h3-4,8H,5-7H2,1-2H3. The molecule has 0 aliphatic rings. The Balaban J connectivity index is 2.88. The lowest BCUT2D eigenvalue weighted by Gasteiger charge is -2.15. The zero-order valence-electron chi connectivity index (χ0n) is 9.76. The van der Waals surface area contributed by atoms with Crippen LogP contribution in [-0.2, 0) is 15.9 Å². The lowest BCUT2D eigenvalue weighted by Crippen LogP contribution is -2.29. The van der Waals surface area contributed by atoms with Gasteiger partial charge in [-0.15, -0.1) is 11.6 Å². The minimum Gasteiger partial charge on any atom is -0.243 e. The molecule has 0 saturated heterocycles. The van der Waals surface area contributed by atoms with Crippen LogP contribution in [0.5, 0.6) is 0 Å². The van der Waals surface area contributed by atoms with Gasteiger partial charge in [0.2, 0.25) is 0 Å². The van der Waals surface area contributed by atoms with Gasteiger partial charge >= 0.3 is 0 Å². The van der Waals surface area contributed by atoms with Crippen molar-refractivity contribution in [3.8, 4) is 0 Å². The number of sulfonamides is 1. The van der Waals surface area contributed by atoms with Crippen molar-refractivity contribution in [1.29, 1.82) is 0 Å². The number of aromatic nitrogens is 1. The molecule has 0 amide bonds.